The van der Waals surface area contributed by atoms with E-state index in [-0.39, 0.29) is 5.41 Å². The molecule has 0 bridgehead atoms. The summed E-state index contributed by atoms with van der Waals surface area (Å²) in [4.78, 5) is 0. The van der Waals surface area contributed by atoms with E-state index in [0.717, 1.165) is 79.0 Å². The molecule has 1 saturated heterocycles. The highest BCUT2D eigenvalue weighted by molar-refractivity contribution is 6.65. The van der Waals surface area contributed by atoms with E-state index in [9.17, 15) is 10.0 Å². The molecule has 5 aromatic rings. The number of rotatable bonds is 62. The zero-order chi connectivity index (χ0) is 72.1. The molecule has 10 nitrogen and oxygen atoms in total. The van der Waals surface area contributed by atoms with Gasteiger partial charge < -0.3 is 19.4 Å². The third-order valence-electron chi connectivity index (χ3n) is 25.5. The second kappa shape index (κ2) is 45.9. The molecule has 2 aromatic heterocycles. The number of nitrogens with zero attached hydrogens (tertiary/aromatic N) is 4. The van der Waals surface area contributed by atoms with Crippen molar-refractivity contribution in [3.8, 4) is 22.3 Å². The quantitative estimate of drug-likeness (QED) is 0.0286. The van der Waals surface area contributed by atoms with Crippen LogP contribution in [0.2, 0.25) is 0 Å². The molecule has 0 saturated carbocycles. The lowest BCUT2D eigenvalue weighted by atomic mass is 9.67. The van der Waals surface area contributed by atoms with Crippen molar-refractivity contribution in [2.45, 2.75) is 463 Å². The summed E-state index contributed by atoms with van der Waals surface area (Å²) in [5, 5.41) is 41.9. The predicted octanol–water partition coefficient (Wildman–Crippen LogP) is 26.8. The Morgan fingerprint density at radius 2 is 0.529 bits per heavy atom. The Kier molecular flexibility index (Phi) is 37.9. The summed E-state index contributed by atoms with van der Waals surface area (Å²) in [7, 11) is -2.36. The first-order valence-corrected chi connectivity index (χ1v) is 44.4. The van der Waals surface area contributed by atoms with Crippen LogP contribution in [0, 0.1) is 0 Å². The zero-order valence-corrected chi connectivity index (χ0v) is 67.2. The molecule has 1 aliphatic heterocycles. The molecule has 3 heterocycles. The van der Waals surface area contributed by atoms with E-state index in [1.165, 1.54) is 367 Å². The Morgan fingerprint density at radius 3 is 0.804 bits per heavy atom. The summed E-state index contributed by atoms with van der Waals surface area (Å²) >= 11 is 0. The zero-order valence-electron chi connectivity index (χ0n) is 67.2. The minimum atomic E-state index is -1.72. The van der Waals surface area contributed by atoms with E-state index >= 15 is 0 Å². The minimum absolute atomic E-state index is 0.351. The smallest absolute Gasteiger partial charge is 0.423 e. The van der Waals surface area contributed by atoms with Gasteiger partial charge >= 0.3 is 14.2 Å². The maximum absolute atomic E-state index is 11.4. The van der Waals surface area contributed by atoms with Gasteiger partial charge in [-0.25, -0.2) is 9.26 Å². The second-order valence-corrected chi connectivity index (χ2v) is 34.2. The fourth-order valence-electron chi connectivity index (χ4n) is 18.5. The third kappa shape index (κ3) is 24.0. The second-order valence-electron chi connectivity index (χ2n) is 34.2. The molecule has 2 aliphatic carbocycles. The molecule has 0 radical (unpaired) electrons. The molecule has 0 amide bonds. The van der Waals surface area contributed by atoms with Crippen molar-refractivity contribution in [1.82, 2.24) is 20.6 Å². The predicted molar refractivity (Wildman–Crippen MR) is 435 cm³/mol. The molecule has 2 N–H and O–H groups in total. The summed E-state index contributed by atoms with van der Waals surface area (Å²) in [6, 6.07) is 9.85. The van der Waals surface area contributed by atoms with E-state index < -0.39 is 30.9 Å². The third-order valence-corrected chi connectivity index (χ3v) is 25.5. The van der Waals surface area contributed by atoms with Crippen molar-refractivity contribution >= 4 is 47.2 Å². The lowest BCUT2D eigenvalue weighted by Crippen LogP contribution is -2.41. The highest BCUT2D eigenvalue weighted by Gasteiger charge is 2.55. The van der Waals surface area contributed by atoms with E-state index in [1.807, 2.05) is 0 Å². The van der Waals surface area contributed by atoms with Gasteiger partial charge in [0.2, 0.25) is 0 Å². The van der Waals surface area contributed by atoms with E-state index in [4.69, 9.17) is 34.0 Å². The average molecular weight is 1410 g/mol. The number of aromatic nitrogens is 4. The lowest BCUT2D eigenvalue weighted by molar-refractivity contribution is 0.00578. The Morgan fingerprint density at radius 1 is 0.294 bits per heavy atom. The van der Waals surface area contributed by atoms with Gasteiger partial charge in [0.25, 0.3) is 0 Å². The van der Waals surface area contributed by atoms with Crippen LogP contribution in [0.15, 0.2) is 33.5 Å². The van der Waals surface area contributed by atoms with Crippen LogP contribution in [0.3, 0.4) is 0 Å². The van der Waals surface area contributed by atoms with Gasteiger partial charge in [-0.2, -0.15) is 0 Å². The van der Waals surface area contributed by atoms with Gasteiger partial charge in [0.05, 0.1) is 11.2 Å². The molecule has 3 aromatic carbocycles. The summed E-state index contributed by atoms with van der Waals surface area (Å²) in [6.45, 7) is 17.8. The van der Waals surface area contributed by atoms with E-state index in [1.54, 1.807) is 0 Å². The van der Waals surface area contributed by atoms with Crippen molar-refractivity contribution in [3.63, 3.8) is 0 Å². The van der Waals surface area contributed by atoms with Crippen LogP contribution in [-0.4, -0.2) is 56.1 Å². The van der Waals surface area contributed by atoms with Crippen molar-refractivity contribution < 1.29 is 28.6 Å². The largest absolute Gasteiger partial charge is 0.497 e. The Balaban J connectivity index is 1.14. The number of unbranched alkanes of at least 4 members (excludes halogenated alkanes) is 52. The van der Waals surface area contributed by atoms with Crippen LogP contribution >= 0.6 is 0 Å². The van der Waals surface area contributed by atoms with Crippen molar-refractivity contribution in [2.24, 2.45) is 0 Å². The van der Waals surface area contributed by atoms with Gasteiger partial charge in [0.15, 0.2) is 0 Å². The monoisotopic (exact) mass is 1410 g/mol. The highest BCUT2D eigenvalue weighted by atomic mass is 16.7. The van der Waals surface area contributed by atoms with Gasteiger partial charge in [-0.05, 0) is 109 Å². The summed E-state index contributed by atoms with van der Waals surface area (Å²) < 4.78 is 25.8. The summed E-state index contributed by atoms with van der Waals surface area (Å²) in [5.74, 6) is 0. The molecule has 12 heteroatoms. The topological polar surface area (TPSA) is 137 Å². The van der Waals surface area contributed by atoms with Crippen molar-refractivity contribution in [3.05, 3.63) is 46.5 Å². The molecular weight excluding hydrogens is 1250 g/mol. The number of hydrogen-bond donors (Lipinski definition) is 2. The van der Waals surface area contributed by atoms with E-state index in [2.05, 4.69) is 84.8 Å². The number of benzene rings is 3. The van der Waals surface area contributed by atoms with Gasteiger partial charge in [-0.1, -0.05) is 410 Å². The molecule has 1 fully saturated rings. The molecule has 102 heavy (non-hydrogen) atoms. The standard InChI is InChI=1S/C90H150B2N4O6/c1-9-13-17-21-25-29-33-37-41-45-49-53-57-61-65-89(66-62-58-54-50-46-42-38-34-30-26-22-18-14-10-2)75-70-74-76(69-73(75)81-77(89)71-79(91(97)98)83-85(81)95-101-93-83)90(67-63-59-55-51-47-43-39-35-31-27-23-19-15-11-3,68-64-60-56-52-48-44-40-36-32-28-24-20-16-12-4)78-72-80(84-86(82(74)78)96-102-94-84)92-99-87(5,6)88(7,8)100-92/h69-72,97-98H,9-68H2,1-8H3. The van der Waals surface area contributed by atoms with Crippen LogP contribution in [0.25, 0.3) is 44.3 Å². The Bertz CT molecular complexity index is 3010. The van der Waals surface area contributed by atoms with Crippen molar-refractivity contribution in [2.75, 3.05) is 0 Å². The van der Waals surface area contributed by atoms with Crippen LogP contribution < -0.4 is 10.9 Å². The van der Waals surface area contributed by atoms with Crippen LogP contribution in [0.4, 0.5) is 0 Å². The molecule has 0 unspecified atom stereocenters. The van der Waals surface area contributed by atoms with Crippen LogP contribution in [0.1, 0.15) is 463 Å². The maximum Gasteiger partial charge on any atom is 0.497 e. The molecule has 8 rings (SSSR count). The molecule has 0 spiro atoms. The Labute approximate surface area is 624 Å². The lowest BCUT2D eigenvalue weighted by Gasteiger charge is -2.35. The fourth-order valence-corrected chi connectivity index (χ4v) is 18.5. The highest BCUT2D eigenvalue weighted by Crippen LogP contribution is 2.62. The van der Waals surface area contributed by atoms with Crippen LogP contribution in [-0.2, 0) is 20.1 Å². The summed E-state index contributed by atoms with van der Waals surface area (Å²) in [5.41, 5.74) is 12.0. The summed E-state index contributed by atoms with van der Waals surface area (Å²) in [6.07, 6.45) is 78.0. The average Bonchev–Trinajstić information content (AvgIpc) is 1.52. The van der Waals surface area contributed by atoms with Gasteiger partial charge in [0, 0.05) is 32.9 Å². The maximum atomic E-state index is 11.4. The molecule has 3 aliphatic rings. The molecule has 0 atom stereocenters. The van der Waals surface area contributed by atoms with Crippen molar-refractivity contribution in [1.29, 1.82) is 0 Å². The molecule has 572 valence electrons. The SMILES string of the molecule is CCCCCCCCCCCCCCCCC1(CCCCCCCCCCCCCCCC)c2cc3c(cc2-c2c1cc(B(O)O)c1nonc21)C(CCCCCCCCCCCCCCCC)(CCCCCCCCCCCCCCCC)c1cc(B2OC(C)(C)C(C)(C)O2)c2nonc2c1-3. The normalized spacial score (nSPS) is 15.4. The first-order chi connectivity index (χ1) is 49.9. The van der Waals surface area contributed by atoms with Gasteiger partial charge in [-0.15, -0.1) is 0 Å². The minimum Gasteiger partial charge on any atom is -0.423 e. The van der Waals surface area contributed by atoms with E-state index in [0.29, 0.717) is 16.5 Å². The fraction of sp³-hybridized carbons (Fsp3) is 0.800. The first kappa shape index (κ1) is 84.1. The molecular formula is C90H150B2N4O6. The Hall–Kier alpha value is -3.57. The first-order valence-electron chi connectivity index (χ1n) is 44.4. The van der Waals surface area contributed by atoms with Crippen LogP contribution in [0.5, 0.6) is 0 Å². The number of hydrogen-bond acceptors (Lipinski definition) is 10. The van der Waals surface area contributed by atoms with Gasteiger partial charge in [0.1, 0.15) is 22.1 Å². The number of fused-ring (bicyclic) bond motifs is 10. The van der Waals surface area contributed by atoms with Gasteiger partial charge in [-0.3, -0.25) is 0 Å².